The molecule has 0 saturated carbocycles. The van der Waals surface area contributed by atoms with E-state index in [2.05, 4.69) is 0 Å². The summed E-state index contributed by atoms with van der Waals surface area (Å²) in [5.41, 5.74) is 11.1. The average Bonchev–Trinajstić information content (AvgIpc) is 2.16. The van der Waals surface area contributed by atoms with E-state index in [0.29, 0.717) is 5.56 Å². The third kappa shape index (κ3) is 1.84. The van der Waals surface area contributed by atoms with Crippen LogP contribution in [-0.2, 0) is 0 Å². The van der Waals surface area contributed by atoms with Crippen molar-refractivity contribution in [3.8, 4) is 5.75 Å². The zero-order valence-corrected chi connectivity index (χ0v) is 7.47. The molecule has 1 aromatic carbocycles. The lowest BCUT2D eigenvalue weighted by Crippen LogP contribution is -2.21. The van der Waals surface area contributed by atoms with Gasteiger partial charge in [-0.1, -0.05) is 12.1 Å². The fourth-order valence-electron chi connectivity index (χ4n) is 1.16. The van der Waals surface area contributed by atoms with Crippen molar-refractivity contribution in [2.75, 3.05) is 6.54 Å². The molecule has 0 spiro atoms. The van der Waals surface area contributed by atoms with E-state index in [4.69, 9.17) is 16.6 Å². The Hall–Kier alpha value is -1.59. The molecule has 1 unspecified atom stereocenters. The second kappa shape index (κ2) is 4.08. The van der Waals surface area contributed by atoms with Gasteiger partial charge in [0.1, 0.15) is 11.3 Å². The Morgan fingerprint density at radius 3 is 2.64 bits per heavy atom. The van der Waals surface area contributed by atoms with Gasteiger partial charge in [-0.25, -0.2) is 4.79 Å². The average molecular weight is 196 g/mol. The number of hydrogen-bond donors (Lipinski definition) is 4. The first-order valence-electron chi connectivity index (χ1n) is 4.08. The maximum atomic E-state index is 10.7. The lowest BCUT2D eigenvalue weighted by atomic mass is 10.0. The summed E-state index contributed by atoms with van der Waals surface area (Å²) in [5.74, 6) is -1.49. The number of rotatable bonds is 3. The quantitative estimate of drug-likeness (QED) is 0.546. The number of aromatic carboxylic acids is 1. The van der Waals surface area contributed by atoms with Gasteiger partial charge in [0, 0.05) is 18.2 Å². The van der Waals surface area contributed by atoms with Crippen molar-refractivity contribution >= 4 is 5.97 Å². The molecule has 14 heavy (non-hydrogen) atoms. The molecule has 1 aromatic rings. The Balaban J connectivity index is 3.20. The number of carbonyl (C=O) groups is 1. The highest BCUT2D eigenvalue weighted by Crippen LogP contribution is 2.26. The van der Waals surface area contributed by atoms with Crippen LogP contribution in [0.5, 0.6) is 5.75 Å². The van der Waals surface area contributed by atoms with Gasteiger partial charge >= 0.3 is 5.97 Å². The fraction of sp³-hybridized carbons (Fsp3) is 0.222. The van der Waals surface area contributed by atoms with Crippen LogP contribution in [0, 0.1) is 0 Å². The molecule has 5 nitrogen and oxygen atoms in total. The van der Waals surface area contributed by atoms with E-state index >= 15 is 0 Å². The Morgan fingerprint density at radius 1 is 1.50 bits per heavy atom. The van der Waals surface area contributed by atoms with Gasteiger partial charge in [0.2, 0.25) is 0 Å². The third-order valence-electron chi connectivity index (χ3n) is 1.95. The van der Waals surface area contributed by atoms with Gasteiger partial charge < -0.3 is 21.7 Å². The molecule has 5 heteroatoms. The van der Waals surface area contributed by atoms with E-state index < -0.39 is 12.0 Å². The zero-order chi connectivity index (χ0) is 10.7. The van der Waals surface area contributed by atoms with Crippen LogP contribution < -0.4 is 11.5 Å². The molecule has 0 aromatic heterocycles. The van der Waals surface area contributed by atoms with Crippen LogP contribution in [0.25, 0.3) is 0 Å². The predicted octanol–water partition coefficient (Wildman–Crippen LogP) is 0.0489. The highest BCUT2D eigenvalue weighted by Gasteiger charge is 2.16. The largest absolute Gasteiger partial charge is 0.507 e. The van der Waals surface area contributed by atoms with Crippen LogP contribution >= 0.6 is 0 Å². The predicted molar refractivity (Wildman–Crippen MR) is 51.0 cm³/mol. The van der Waals surface area contributed by atoms with Gasteiger partial charge in [-0.05, 0) is 6.07 Å². The first kappa shape index (κ1) is 10.5. The van der Waals surface area contributed by atoms with Gasteiger partial charge in [-0.3, -0.25) is 0 Å². The molecule has 0 radical (unpaired) electrons. The van der Waals surface area contributed by atoms with Crippen molar-refractivity contribution < 1.29 is 15.0 Å². The minimum atomic E-state index is -1.19. The number of benzene rings is 1. The summed E-state index contributed by atoms with van der Waals surface area (Å²) in [4.78, 5) is 10.7. The third-order valence-corrected chi connectivity index (χ3v) is 1.95. The summed E-state index contributed by atoms with van der Waals surface area (Å²) in [7, 11) is 0. The molecule has 0 fully saturated rings. The molecule has 0 bridgehead atoms. The molecule has 1 rings (SSSR count). The first-order valence-corrected chi connectivity index (χ1v) is 4.08. The van der Waals surface area contributed by atoms with E-state index in [9.17, 15) is 9.90 Å². The van der Waals surface area contributed by atoms with Crippen molar-refractivity contribution in [2.24, 2.45) is 11.5 Å². The molecule has 0 amide bonds. The Bertz CT molecular complexity index is 352. The van der Waals surface area contributed by atoms with E-state index in [1.807, 2.05) is 0 Å². The number of para-hydroxylation sites is 1. The van der Waals surface area contributed by atoms with E-state index in [1.165, 1.54) is 12.1 Å². The minimum absolute atomic E-state index is 0.149. The molecule has 1 atom stereocenters. The van der Waals surface area contributed by atoms with Crippen molar-refractivity contribution in [2.45, 2.75) is 6.04 Å². The van der Waals surface area contributed by atoms with E-state index in [1.54, 1.807) is 6.07 Å². The van der Waals surface area contributed by atoms with Crippen LogP contribution in [0.3, 0.4) is 0 Å². The maximum Gasteiger partial charge on any atom is 0.339 e. The molecule has 0 aliphatic heterocycles. The molecule has 76 valence electrons. The summed E-state index contributed by atoms with van der Waals surface area (Å²) >= 11 is 0. The monoisotopic (exact) mass is 196 g/mol. The molecule has 0 heterocycles. The SMILES string of the molecule is NCC(N)c1cccc(C(=O)O)c1O. The highest BCUT2D eigenvalue weighted by molar-refractivity contribution is 5.91. The summed E-state index contributed by atoms with van der Waals surface area (Å²) in [6.07, 6.45) is 0. The van der Waals surface area contributed by atoms with Gasteiger partial charge in [-0.2, -0.15) is 0 Å². The van der Waals surface area contributed by atoms with Crippen LogP contribution in [-0.4, -0.2) is 22.7 Å². The molecule has 0 aliphatic carbocycles. The summed E-state index contributed by atoms with van der Waals surface area (Å²) in [6.45, 7) is 0.149. The second-order valence-electron chi connectivity index (χ2n) is 2.89. The summed E-state index contributed by atoms with van der Waals surface area (Å²) < 4.78 is 0. The second-order valence-corrected chi connectivity index (χ2v) is 2.89. The number of carboxylic acid groups (broad SMARTS) is 1. The Morgan fingerprint density at radius 2 is 2.14 bits per heavy atom. The summed E-state index contributed by atoms with van der Waals surface area (Å²) in [6, 6.07) is 3.84. The molecule has 0 aliphatic rings. The number of phenols is 1. The van der Waals surface area contributed by atoms with Crippen molar-refractivity contribution in [3.05, 3.63) is 29.3 Å². The standard InChI is InChI=1S/C9H12N2O3/c10-4-7(11)5-2-1-3-6(8(5)12)9(13)14/h1-3,7,12H,4,10-11H2,(H,13,14). The topological polar surface area (TPSA) is 110 Å². The molecular formula is C9H12N2O3. The van der Waals surface area contributed by atoms with Gasteiger partial charge in [0.05, 0.1) is 0 Å². The minimum Gasteiger partial charge on any atom is -0.507 e. The summed E-state index contributed by atoms with van der Waals surface area (Å²) in [5, 5.41) is 18.3. The van der Waals surface area contributed by atoms with Crippen LogP contribution in [0.4, 0.5) is 0 Å². The van der Waals surface area contributed by atoms with E-state index in [-0.39, 0.29) is 17.9 Å². The smallest absolute Gasteiger partial charge is 0.339 e. The number of nitrogens with two attached hydrogens (primary N) is 2. The lowest BCUT2D eigenvalue weighted by Gasteiger charge is -2.12. The zero-order valence-electron chi connectivity index (χ0n) is 7.47. The molecule has 0 saturated heterocycles. The number of hydrogen-bond acceptors (Lipinski definition) is 4. The van der Waals surface area contributed by atoms with Gasteiger partial charge in [0.25, 0.3) is 0 Å². The maximum absolute atomic E-state index is 10.7. The van der Waals surface area contributed by atoms with Crippen molar-refractivity contribution in [3.63, 3.8) is 0 Å². The molecular weight excluding hydrogens is 184 g/mol. The van der Waals surface area contributed by atoms with Crippen molar-refractivity contribution in [1.82, 2.24) is 0 Å². The van der Waals surface area contributed by atoms with Crippen LogP contribution in [0.1, 0.15) is 22.0 Å². The number of aromatic hydroxyl groups is 1. The van der Waals surface area contributed by atoms with Gasteiger partial charge in [0.15, 0.2) is 0 Å². The van der Waals surface area contributed by atoms with Gasteiger partial charge in [-0.15, -0.1) is 0 Å². The number of carboxylic acids is 1. The van der Waals surface area contributed by atoms with Crippen LogP contribution in [0.15, 0.2) is 18.2 Å². The lowest BCUT2D eigenvalue weighted by molar-refractivity contribution is 0.0693. The first-order chi connectivity index (χ1) is 6.57. The Kier molecular flexibility index (Phi) is 3.06. The van der Waals surface area contributed by atoms with Crippen LogP contribution in [0.2, 0.25) is 0 Å². The fourth-order valence-corrected chi connectivity index (χ4v) is 1.16. The van der Waals surface area contributed by atoms with E-state index in [0.717, 1.165) is 0 Å². The normalized spacial score (nSPS) is 12.4. The molecule has 6 N–H and O–H groups in total. The van der Waals surface area contributed by atoms with Crippen molar-refractivity contribution in [1.29, 1.82) is 0 Å². The highest BCUT2D eigenvalue weighted by atomic mass is 16.4. The Labute approximate surface area is 81.0 Å².